The predicted molar refractivity (Wildman–Crippen MR) is 144 cm³/mol. The first-order valence-corrected chi connectivity index (χ1v) is 12.8. The number of halogens is 2. The highest BCUT2D eigenvalue weighted by atomic mass is 35.5. The molecule has 4 aromatic rings. The molecule has 5 rings (SSSR count). The Kier molecular flexibility index (Phi) is 7.42. The number of hydrogen-bond acceptors (Lipinski definition) is 5. The second-order valence-electron chi connectivity index (χ2n) is 8.63. The van der Waals surface area contributed by atoms with Crippen molar-refractivity contribution in [1.29, 1.82) is 0 Å². The Balaban J connectivity index is 1.39. The molecule has 1 aliphatic rings. The summed E-state index contributed by atoms with van der Waals surface area (Å²) < 4.78 is 11.6. The number of benzene rings is 3. The van der Waals surface area contributed by atoms with Crippen LogP contribution in [0, 0.1) is 0 Å². The molecule has 184 valence electrons. The molecule has 1 aromatic heterocycles. The van der Waals surface area contributed by atoms with Crippen LogP contribution >= 0.6 is 23.2 Å². The first-order chi connectivity index (χ1) is 17.5. The summed E-state index contributed by atoms with van der Waals surface area (Å²) in [7, 11) is 0. The van der Waals surface area contributed by atoms with E-state index in [2.05, 4.69) is 58.8 Å². The third-order valence-electron chi connectivity index (χ3n) is 6.35. The lowest BCUT2D eigenvalue weighted by molar-refractivity contribution is 0.0520. The van der Waals surface area contributed by atoms with Gasteiger partial charge in [-0.15, -0.1) is 0 Å². The van der Waals surface area contributed by atoms with Crippen LogP contribution in [0.25, 0.3) is 10.9 Å². The zero-order valence-corrected chi connectivity index (χ0v) is 21.4. The Morgan fingerprint density at radius 3 is 2.33 bits per heavy atom. The van der Waals surface area contributed by atoms with Gasteiger partial charge in [0.1, 0.15) is 6.10 Å². The molecule has 0 amide bonds. The number of hydrogen-bond donors (Lipinski definition) is 1. The molecule has 0 saturated heterocycles. The zero-order valence-electron chi connectivity index (χ0n) is 19.9. The maximum Gasteiger partial charge on any atom is 0.357 e. The van der Waals surface area contributed by atoms with Crippen LogP contribution in [0.5, 0.6) is 0 Å². The van der Waals surface area contributed by atoms with E-state index < -0.39 is 5.97 Å². The first-order valence-electron chi connectivity index (χ1n) is 12.0. The van der Waals surface area contributed by atoms with Crippen molar-refractivity contribution in [2.24, 2.45) is 0 Å². The molecule has 1 heterocycles. The van der Waals surface area contributed by atoms with Crippen LogP contribution in [0.15, 0.2) is 66.7 Å². The van der Waals surface area contributed by atoms with Gasteiger partial charge in [-0.3, -0.25) is 0 Å². The van der Waals surface area contributed by atoms with E-state index in [1.54, 1.807) is 25.1 Å². The van der Waals surface area contributed by atoms with E-state index in [1.807, 2.05) is 0 Å². The summed E-state index contributed by atoms with van der Waals surface area (Å²) in [4.78, 5) is 16.8. The number of esters is 1. The molecular weight excluding hydrogens is 495 g/mol. The molecule has 1 aliphatic carbocycles. The highest BCUT2D eigenvalue weighted by Gasteiger charge is 2.24. The molecule has 1 N–H and O–H groups in total. The molecule has 0 bridgehead atoms. The van der Waals surface area contributed by atoms with Crippen molar-refractivity contribution in [3.05, 3.63) is 105 Å². The molecular formula is C29H26Cl2N2O3. The lowest BCUT2D eigenvalue weighted by Gasteiger charge is -2.21. The maximum absolute atomic E-state index is 12.4. The van der Waals surface area contributed by atoms with E-state index in [0.29, 0.717) is 39.8 Å². The Bertz CT molecular complexity index is 1380. The SMILES string of the molecule is CCOC(=O)c1cc(NCCOC2c3ccccc3CCc3ccccc32)c2c(Cl)cc(Cl)cc2n1. The van der Waals surface area contributed by atoms with Crippen molar-refractivity contribution in [2.45, 2.75) is 25.9 Å². The van der Waals surface area contributed by atoms with Crippen molar-refractivity contribution >= 4 is 45.8 Å². The minimum absolute atomic E-state index is 0.145. The van der Waals surface area contributed by atoms with Gasteiger partial charge in [0.25, 0.3) is 0 Å². The monoisotopic (exact) mass is 520 g/mol. The Morgan fingerprint density at radius 1 is 1.00 bits per heavy atom. The van der Waals surface area contributed by atoms with E-state index in [9.17, 15) is 4.79 Å². The van der Waals surface area contributed by atoms with Gasteiger partial charge < -0.3 is 14.8 Å². The fraction of sp³-hybridized carbons (Fsp3) is 0.241. The fourth-order valence-corrected chi connectivity index (χ4v) is 5.33. The number of fused-ring (bicyclic) bond motifs is 3. The van der Waals surface area contributed by atoms with E-state index in [1.165, 1.54) is 22.3 Å². The largest absolute Gasteiger partial charge is 0.461 e. The molecule has 0 unspecified atom stereocenters. The van der Waals surface area contributed by atoms with Gasteiger partial charge in [-0.2, -0.15) is 0 Å². The maximum atomic E-state index is 12.4. The average Bonchev–Trinajstić information content (AvgIpc) is 3.03. The zero-order chi connectivity index (χ0) is 25.1. The van der Waals surface area contributed by atoms with Crippen molar-refractivity contribution in [3.63, 3.8) is 0 Å². The summed E-state index contributed by atoms with van der Waals surface area (Å²) in [5.41, 5.74) is 6.43. The number of rotatable bonds is 7. The average molecular weight is 521 g/mol. The van der Waals surface area contributed by atoms with E-state index >= 15 is 0 Å². The molecule has 0 spiro atoms. The quantitative estimate of drug-likeness (QED) is 0.209. The van der Waals surface area contributed by atoms with Crippen LogP contribution in [0.3, 0.4) is 0 Å². The van der Waals surface area contributed by atoms with Crippen LogP contribution in [0.4, 0.5) is 5.69 Å². The molecule has 0 atom stereocenters. The summed E-state index contributed by atoms with van der Waals surface area (Å²) >= 11 is 12.7. The molecule has 36 heavy (non-hydrogen) atoms. The number of carbonyl (C=O) groups is 1. The number of carbonyl (C=O) groups excluding carboxylic acids is 1. The number of anilines is 1. The van der Waals surface area contributed by atoms with Crippen molar-refractivity contribution in [3.8, 4) is 0 Å². The molecule has 0 fully saturated rings. The number of aromatic nitrogens is 1. The van der Waals surface area contributed by atoms with Crippen LogP contribution in [-0.2, 0) is 22.3 Å². The third kappa shape index (κ3) is 5.05. The van der Waals surface area contributed by atoms with Gasteiger partial charge >= 0.3 is 5.97 Å². The van der Waals surface area contributed by atoms with Crippen molar-refractivity contribution < 1.29 is 14.3 Å². The summed E-state index contributed by atoms with van der Waals surface area (Å²) in [6.07, 6.45) is 1.84. The second-order valence-corrected chi connectivity index (χ2v) is 9.48. The van der Waals surface area contributed by atoms with Gasteiger partial charge in [0.2, 0.25) is 0 Å². The smallest absolute Gasteiger partial charge is 0.357 e. The van der Waals surface area contributed by atoms with Crippen LogP contribution in [0.1, 0.15) is 45.8 Å². The summed E-state index contributed by atoms with van der Waals surface area (Å²) in [5.74, 6) is -0.499. The fourth-order valence-electron chi connectivity index (χ4n) is 4.75. The highest BCUT2D eigenvalue weighted by molar-refractivity contribution is 6.39. The molecule has 3 aromatic carbocycles. The predicted octanol–water partition coefficient (Wildman–Crippen LogP) is 7.04. The lowest BCUT2D eigenvalue weighted by Crippen LogP contribution is -2.16. The lowest BCUT2D eigenvalue weighted by atomic mass is 9.97. The molecule has 5 nitrogen and oxygen atoms in total. The van der Waals surface area contributed by atoms with Gasteiger partial charge in [0.05, 0.1) is 23.8 Å². The minimum atomic E-state index is -0.499. The van der Waals surface area contributed by atoms with E-state index in [4.69, 9.17) is 32.7 Å². The Hall–Kier alpha value is -3.12. The normalized spacial score (nSPS) is 13.1. The molecule has 7 heteroatoms. The van der Waals surface area contributed by atoms with Crippen LogP contribution in [0.2, 0.25) is 10.0 Å². The van der Waals surface area contributed by atoms with E-state index in [-0.39, 0.29) is 18.4 Å². The van der Waals surface area contributed by atoms with Gasteiger partial charge in [0, 0.05) is 22.6 Å². The van der Waals surface area contributed by atoms with Gasteiger partial charge in [-0.25, -0.2) is 9.78 Å². The Labute approximate surface area is 220 Å². The topological polar surface area (TPSA) is 60.5 Å². The third-order valence-corrected chi connectivity index (χ3v) is 6.87. The van der Waals surface area contributed by atoms with Crippen LogP contribution in [-0.4, -0.2) is 30.7 Å². The summed E-state index contributed by atoms with van der Waals surface area (Å²) in [5, 5.41) is 4.98. The van der Waals surface area contributed by atoms with Gasteiger partial charge in [0.15, 0.2) is 5.69 Å². The van der Waals surface area contributed by atoms with Crippen LogP contribution < -0.4 is 5.32 Å². The number of ether oxygens (including phenoxy) is 2. The summed E-state index contributed by atoms with van der Waals surface area (Å²) in [6.45, 7) is 2.96. The molecule has 0 saturated carbocycles. The Morgan fingerprint density at radius 2 is 1.67 bits per heavy atom. The highest BCUT2D eigenvalue weighted by Crippen LogP contribution is 2.36. The number of aryl methyl sites for hydroxylation is 2. The standard InChI is InChI=1S/C29H26Cl2N2O3/c1-2-35-29(34)26-17-24(27-23(31)15-20(30)16-25(27)33-26)32-13-14-36-28-21-9-5-3-7-18(21)11-12-19-8-4-6-10-22(19)28/h3-10,15-17,28H,2,11-14H2,1H3,(H,32,33). The molecule has 0 radical (unpaired) electrons. The van der Waals surface area contributed by atoms with Crippen molar-refractivity contribution in [1.82, 2.24) is 4.98 Å². The number of nitrogens with one attached hydrogen (secondary N) is 1. The summed E-state index contributed by atoms with van der Waals surface area (Å²) in [6, 6.07) is 22.0. The molecule has 0 aliphatic heterocycles. The minimum Gasteiger partial charge on any atom is -0.461 e. The van der Waals surface area contributed by atoms with Gasteiger partial charge in [-0.05, 0) is 60.2 Å². The number of nitrogens with zero attached hydrogens (tertiary/aromatic N) is 1. The number of pyridine rings is 1. The van der Waals surface area contributed by atoms with E-state index in [0.717, 1.165) is 12.8 Å². The first kappa shape index (κ1) is 24.6. The van der Waals surface area contributed by atoms with Crippen molar-refractivity contribution in [2.75, 3.05) is 25.1 Å². The van der Waals surface area contributed by atoms with Gasteiger partial charge in [-0.1, -0.05) is 71.7 Å². The second kappa shape index (κ2) is 10.9.